The molecule has 1 aromatic rings. The van der Waals surface area contributed by atoms with Crippen molar-refractivity contribution in [2.24, 2.45) is 5.73 Å². The van der Waals surface area contributed by atoms with E-state index in [-0.39, 0.29) is 11.4 Å². The molecule has 16 heavy (non-hydrogen) atoms. The van der Waals surface area contributed by atoms with Gasteiger partial charge in [-0.3, -0.25) is 0 Å². The van der Waals surface area contributed by atoms with Gasteiger partial charge >= 0.3 is 5.97 Å². The van der Waals surface area contributed by atoms with Crippen molar-refractivity contribution in [3.63, 3.8) is 0 Å². The predicted octanol–water partition coefficient (Wildman–Crippen LogP) is 2.31. The molecule has 1 aromatic heterocycles. The van der Waals surface area contributed by atoms with E-state index in [0.29, 0.717) is 6.54 Å². The number of hydrogen-bond acceptors (Lipinski definition) is 4. The second-order valence-corrected chi connectivity index (χ2v) is 5.24. The van der Waals surface area contributed by atoms with Crippen LogP contribution in [-0.4, -0.2) is 19.6 Å². The highest BCUT2D eigenvalue weighted by molar-refractivity contribution is 7.12. The Balaban J connectivity index is 2.32. The highest BCUT2D eigenvalue weighted by atomic mass is 32.1. The fourth-order valence-electron chi connectivity index (χ4n) is 2.51. The van der Waals surface area contributed by atoms with Crippen LogP contribution < -0.4 is 5.73 Å². The maximum absolute atomic E-state index is 11.6. The Hall–Kier alpha value is -0.870. The van der Waals surface area contributed by atoms with Gasteiger partial charge in [-0.2, -0.15) is 0 Å². The summed E-state index contributed by atoms with van der Waals surface area (Å²) in [5.74, 6) is -0.215. The zero-order valence-electron chi connectivity index (χ0n) is 9.49. The van der Waals surface area contributed by atoms with Crippen LogP contribution in [0.25, 0.3) is 0 Å². The zero-order valence-corrected chi connectivity index (χ0v) is 10.3. The SMILES string of the molecule is COC(=O)c1sccc1C1(CCN)CCC1. The Morgan fingerprint density at radius 3 is 2.88 bits per heavy atom. The lowest BCUT2D eigenvalue weighted by molar-refractivity contribution is 0.0600. The second kappa shape index (κ2) is 4.55. The topological polar surface area (TPSA) is 52.3 Å². The fraction of sp³-hybridized carbons (Fsp3) is 0.583. The molecule has 0 radical (unpaired) electrons. The Morgan fingerprint density at radius 2 is 2.38 bits per heavy atom. The predicted molar refractivity (Wildman–Crippen MR) is 64.9 cm³/mol. The normalized spacial score (nSPS) is 17.9. The Kier molecular flexibility index (Phi) is 3.30. The van der Waals surface area contributed by atoms with Crippen LogP contribution in [0.15, 0.2) is 11.4 Å². The van der Waals surface area contributed by atoms with E-state index in [4.69, 9.17) is 10.5 Å². The van der Waals surface area contributed by atoms with E-state index in [1.165, 1.54) is 24.9 Å². The summed E-state index contributed by atoms with van der Waals surface area (Å²) in [7, 11) is 1.43. The van der Waals surface area contributed by atoms with E-state index in [0.717, 1.165) is 29.7 Å². The van der Waals surface area contributed by atoms with E-state index >= 15 is 0 Å². The molecule has 2 N–H and O–H groups in total. The van der Waals surface area contributed by atoms with E-state index < -0.39 is 0 Å². The van der Waals surface area contributed by atoms with Crippen LogP contribution in [0.3, 0.4) is 0 Å². The number of ether oxygens (including phenoxy) is 1. The maximum atomic E-state index is 11.6. The quantitative estimate of drug-likeness (QED) is 0.820. The van der Waals surface area contributed by atoms with E-state index in [1.807, 2.05) is 5.38 Å². The van der Waals surface area contributed by atoms with Gasteiger partial charge in [-0.1, -0.05) is 6.42 Å². The number of methoxy groups -OCH3 is 1. The van der Waals surface area contributed by atoms with E-state index in [2.05, 4.69) is 6.07 Å². The van der Waals surface area contributed by atoms with Gasteiger partial charge in [0.25, 0.3) is 0 Å². The zero-order chi connectivity index (χ0) is 11.6. The van der Waals surface area contributed by atoms with Crippen molar-refractivity contribution in [3.8, 4) is 0 Å². The summed E-state index contributed by atoms with van der Waals surface area (Å²) in [6.45, 7) is 0.677. The third-order valence-electron chi connectivity index (χ3n) is 3.54. The average Bonchev–Trinajstić information content (AvgIpc) is 2.71. The van der Waals surface area contributed by atoms with Gasteiger partial charge in [-0.25, -0.2) is 4.79 Å². The highest BCUT2D eigenvalue weighted by Crippen LogP contribution is 2.48. The summed E-state index contributed by atoms with van der Waals surface area (Å²) < 4.78 is 4.82. The number of hydrogen-bond donors (Lipinski definition) is 1. The lowest BCUT2D eigenvalue weighted by Gasteiger charge is -2.42. The molecule has 0 aliphatic heterocycles. The van der Waals surface area contributed by atoms with Crippen LogP contribution in [0.5, 0.6) is 0 Å². The van der Waals surface area contributed by atoms with Gasteiger partial charge in [0.1, 0.15) is 4.88 Å². The van der Waals surface area contributed by atoms with Crippen LogP contribution in [0.1, 0.15) is 40.9 Å². The van der Waals surface area contributed by atoms with Crippen molar-refractivity contribution < 1.29 is 9.53 Å². The summed E-state index contributed by atoms with van der Waals surface area (Å²) in [6.07, 6.45) is 4.49. The lowest BCUT2D eigenvalue weighted by atomic mass is 9.62. The van der Waals surface area contributed by atoms with Gasteiger partial charge in [-0.15, -0.1) is 11.3 Å². The molecule has 0 spiro atoms. The van der Waals surface area contributed by atoms with Gasteiger partial charge in [-0.05, 0) is 48.2 Å². The van der Waals surface area contributed by atoms with Crippen LogP contribution in [0.4, 0.5) is 0 Å². The van der Waals surface area contributed by atoms with Crippen LogP contribution in [0, 0.1) is 0 Å². The smallest absolute Gasteiger partial charge is 0.348 e. The largest absolute Gasteiger partial charge is 0.465 e. The van der Waals surface area contributed by atoms with E-state index in [9.17, 15) is 4.79 Å². The van der Waals surface area contributed by atoms with Crippen molar-refractivity contribution in [1.29, 1.82) is 0 Å². The summed E-state index contributed by atoms with van der Waals surface area (Å²) in [6, 6.07) is 2.06. The molecule has 1 fully saturated rings. The molecular formula is C12H17NO2S. The maximum Gasteiger partial charge on any atom is 0.348 e. The molecule has 0 atom stereocenters. The Labute approximate surface area is 99.6 Å². The highest BCUT2D eigenvalue weighted by Gasteiger charge is 2.40. The number of nitrogens with two attached hydrogens (primary N) is 1. The average molecular weight is 239 g/mol. The van der Waals surface area contributed by atoms with Crippen molar-refractivity contribution >= 4 is 17.3 Å². The van der Waals surface area contributed by atoms with Crippen molar-refractivity contribution in [2.45, 2.75) is 31.1 Å². The molecule has 3 nitrogen and oxygen atoms in total. The lowest BCUT2D eigenvalue weighted by Crippen LogP contribution is -2.37. The van der Waals surface area contributed by atoms with Crippen LogP contribution >= 0.6 is 11.3 Å². The number of carbonyl (C=O) groups excluding carboxylic acids is 1. The minimum Gasteiger partial charge on any atom is -0.465 e. The molecule has 0 saturated heterocycles. The molecule has 2 rings (SSSR count). The van der Waals surface area contributed by atoms with Gasteiger partial charge in [0, 0.05) is 0 Å². The summed E-state index contributed by atoms with van der Waals surface area (Å²) >= 11 is 1.47. The van der Waals surface area contributed by atoms with Gasteiger partial charge < -0.3 is 10.5 Å². The molecule has 1 heterocycles. The Bertz CT molecular complexity index is 382. The van der Waals surface area contributed by atoms with Gasteiger partial charge in [0.15, 0.2) is 0 Å². The molecule has 1 aliphatic carbocycles. The number of esters is 1. The first kappa shape index (κ1) is 11.6. The molecular weight excluding hydrogens is 222 g/mol. The first-order chi connectivity index (χ1) is 7.73. The van der Waals surface area contributed by atoms with Crippen molar-refractivity contribution in [3.05, 3.63) is 21.9 Å². The Morgan fingerprint density at radius 1 is 1.62 bits per heavy atom. The summed E-state index contributed by atoms with van der Waals surface area (Å²) in [5, 5.41) is 1.97. The van der Waals surface area contributed by atoms with Gasteiger partial charge in [0.2, 0.25) is 0 Å². The summed E-state index contributed by atoms with van der Waals surface area (Å²) in [5.41, 5.74) is 6.98. The molecule has 0 aromatic carbocycles. The number of rotatable bonds is 4. The van der Waals surface area contributed by atoms with E-state index in [1.54, 1.807) is 0 Å². The molecule has 4 heteroatoms. The minimum absolute atomic E-state index is 0.151. The second-order valence-electron chi connectivity index (χ2n) is 4.33. The van der Waals surface area contributed by atoms with Crippen molar-refractivity contribution in [2.75, 3.05) is 13.7 Å². The van der Waals surface area contributed by atoms with Crippen molar-refractivity contribution in [1.82, 2.24) is 0 Å². The van der Waals surface area contributed by atoms with Crippen LogP contribution in [0.2, 0.25) is 0 Å². The first-order valence-electron chi connectivity index (χ1n) is 5.60. The van der Waals surface area contributed by atoms with Gasteiger partial charge in [0.05, 0.1) is 7.11 Å². The monoisotopic (exact) mass is 239 g/mol. The standard InChI is InChI=1S/C12H17NO2S/c1-15-11(14)10-9(3-8-16-10)12(6-7-13)4-2-5-12/h3,8H,2,4-7,13H2,1H3. The molecule has 1 saturated carbocycles. The summed E-state index contributed by atoms with van der Waals surface area (Å²) in [4.78, 5) is 12.4. The number of thiophene rings is 1. The molecule has 1 aliphatic rings. The fourth-order valence-corrected chi connectivity index (χ4v) is 3.44. The number of carbonyl (C=O) groups is 1. The molecule has 88 valence electrons. The first-order valence-corrected chi connectivity index (χ1v) is 6.48. The third kappa shape index (κ3) is 1.76. The third-order valence-corrected chi connectivity index (χ3v) is 4.44. The molecule has 0 unspecified atom stereocenters. The minimum atomic E-state index is -0.215. The van der Waals surface area contributed by atoms with Crippen LogP contribution in [-0.2, 0) is 10.2 Å². The molecule has 0 amide bonds. The molecule has 0 bridgehead atoms.